The predicted octanol–water partition coefficient (Wildman–Crippen LogP) is 3.41. The second kappa shape index (κ2) is 7.96. The number of carbonyl (C=O) groups excluding carboxylic acids is 1. The molecule has 25 heavy (non-hydrogen) atoms. The Kier molecular flexibility index (Phi) is 5.48. The maximum absolute atomic E-state index is 12.1. The molecule has 2 heterocycles. The predicted molar refractivity (Wildman–Crippen MR) is 99.9 cm³/mol. The highest BCUT2D eigenvalue weighted by Gasteiger charge is 2.13. The van der Waals surface area contributed by atoms with Gasteiger partial charge in [-0.25, -0.2) is 14.8 Å². The van der Waals surface area contributed by atoms with Gasteiger partial charge < -0.3 is 15.5 Å². The van der Waals surface area contributed by atoms with E-state index in [4.69, 9.17) is 0 Å². The summed E-state index contributed by atoms with van der Waals surface area (Å²) in [5, 5.41) is 5.66. The highest BCUT2D eigenvalue weighted by Crippen LogP contribution is 2.17. The monoisotopic (exact) mass is 339 g/mol. The van der Waals surface area contributed by atoms with Crippen LogP contribution in [-0.4, -0.2) is 29.1 Å². The van der Waals surface area contributed by atoms with Gasteiger partial charge in [0.15, 0.2) is 0 Å². The van der Waals surface area contributed by atoms with E-state index in [0.29, 0.717) is 12.4 Å². The summed E-state index contributed by atoms with van der Waals surface area (Å²) in [5.74, 6) is 1.57. The van der Waals surface area contributed by atoms with Crippen molar-refractivity contribution in [2.75, 3.05) is 23.3 Å². The van der Waals surface area contributed by atoms with Crippen molar-refractivity contribution in [3.05, 3.63) is 47.4 Å². The molecule has 1 fully saturated rings. The van der Waals surface area contributed by atoms with Crippen LogP contribution in [0.2, 0.25) is 0 Å². The molecule has 1 saturated heterocycles. The molecule has 2 N–H and O–H groups in total. The van der Waals surface area contributed by atoms with Crippen LogP contribution in [0.4, 0.5) is 16.3 Å². The van der Waals surface area contributed by atoms with Gasteiger partial charge in [-0.2, -0.15) is 0 Å². The number of hydrogen-bond donors (Lipinski definition) is 2. The third-order valence-corrected chi connectivity index (χ3v) is 4.54. The number of aryl methyl sites for hydroxylation is 2. The normalized spacial score (nSPS) is 14.2. The Balaban J connectivity index is 1.55. The van der Waals surface area contributed by atoms with E-state index in [9.17, 15) is 4.79 Å². The molecule has 6 nitrogen and oxygen atoms in total. The van der Waals surface area contributed by atoms with Gasteiger partial charge in [0.2, 0.25) is 0 Å². The van der Waals surface area contributed by atoms with Crippen molar-refractivity contribution in [1.82, 2.24) is 15.3 Å². The van der Waals surface area contributed by atoms with Gasteiger partial charge in [0, 0.05) is 25.0 Å². The van der Waals surface area contributed by atoms with Crippen LogP contribution in [0.15, 0.2) is 30.5 Å². The van der Waals surface area contributed by atoms with Crippen molar-refractivity contribution >= 4 is 17.5 Å². The molecule has 2 aromatic rings. The fourth-order valence-electron chi connectivity index (χ4n) is 2.93. The highest BCUT2D eigenvalue weighted by atomic mass is 16.2. The number of benzene rings is 1. The van der Waals surface area contributed by atoms with Crippen molar-refractivity contribution in [2.24, 2.45) is 0 Å². The highest BCUT2D eigenvalue weighted by molar-refractivity contribution is 5.89. The minimum Gasteiger partial charge on any atom is -0.357 e. The first kappa shape index (κ1) is 17.2. The van der Waals surface area contributed by atoms with Crippen LogP contribution >= 0.6 is 0 Å². The Morgan fingerprint density at radius 1 is 1.12 bits per heavy atom. The van der Waals surface area contributed by atoms with Gasteiger partial charge in [0.05, 0.1) is 6.54 Å². The van der Waals surface area contributed by atoms with Gasteiger partial charge in [0.1, 0.15) is 11.6 Å². The smallest absolute Gasteiger partial charge is 0.319 e. The van der Waals surface area contributed by atoms with Crippen LogP contribution < -0.4 is 15.5 Å². The van der Waals surface area contributed by atoms with Crippen molar-refractivity contribution in [2.45, 2.75) is 39.7 Å². The van der Waals surface area contributed by atoms with E-state index in [0.717, 1.165) is 30.2 Å². The lowest BCUT2D eigenvalue weighted by molar-refractivity contribution is 0.251. The average molecular weight is 339 g/mol. The molecule has 0 unspecified atom stereocenters. The molecule has 0 bridgehead atoms. The van der Waals surface area contributed by atoms with Crippen LogP contribution in [0, 0.1) is 13.8 Å². The summed E-state index contributed by atoms with van der Waals surface area (Å²) < 4.78 is 0. The molecular weight excluding hydrogens is 314 g/mol. The van der Waals surface area contributed by atoms with E-state index in [1.807, 2.05) is 38.1 Å². The first-order chi connectivity index (χ1) is 12.1. The first-order valence-electron chi connectivity index (χ1n) is 8.81. The van der Waals surface area contributed by atoms with E-state index < -0.39 is 0 Å². The topological polar surface area (TPSA) is 70.2 Å². The van der Waals surface area contributed by atoms with Gasteiger partial charge >= 0.3 is 6.03 Å². The molecule has 0 atom stereocenters. The molecule has 3 rings (SSSR count). The number of anilines is 2. The number of rotatable bonds is 4. The number of carbonyl (C=O) groups is 1. The number of nitrogens with zero attached hydrogens (tertiary/aromatic N) is 3. The zero-order chi connectivity index (χ0) is 17.6. The zero-order valence-electron chi connectivity index (χ0n) is 14.9. The molecule has 1 aliphatic heterocycles. The van der Waals surface area contributed by atoms with Crippen molar-refractivity contribution < 1.29 is 4.79 Å². The second-order valence-corrected chi connectivity index (χ2v) is 6.49. The summed E-state index contributed by atoms with van der Waals surface area (Å²) in [6.07, 6.45) is 5.45. The lowest BCUT2D eigenvalue weighted by Crippen LogP contribution is -2.31. The summed E-state index contributed by atoms with van der Waals surface area (Å²) in [5.41, 5.74) is 3.13. The Bertz CT molecular complexity index is 740. The van der Waals surface area contributed by atoms with Gasteiger partial charge in [-0.05, 0) is 62.4 Å². The van der Waals surface area contributed by atoms with Gasteiger partial charge in [-0.1, -0.05) is 6.07 Å². The van der Waals surface area contributed by atoms with Crippen LogP contribution in [0.1, 0.15) is 36.2 Å². The van der Waals surface area contributed by atoms with E-state index in [2.05, 4.69) is 25.5 Å². The lowest BCUT2D eigenvalue weighted by atomic mass is 10.1. The van der Waals surface area contributed by atoms with E-state index in [1.54, 1.807) is 6.20 Å². The van der Waals surface area contributed by atoms with Crippen LogP contribution in [0.3, 0.4) is 0 Å². The van der Waals surface area contributed by atoms with Gasteiger partial charge in [-0.15, -0.1) is 0 Å². The summed E-state index contributed by atoms with van der Waals surface area (Å²) in [6.45, 7) is 6.46. The third-order valence-electron chi connectivity index (χ3n) is 4.54. The number of piperidine rings is 1. The zero-order valence-corrected chi connectivity index (χ0v) is 14.9. The minimum absolute atomic E-state index is 0.254. The number of aromatic nitrogens is 2. The van der Waals surface area contributed by atoms with Gasteiger partial charge in [0.25, 0.3) is 0 Å². The molecule has 1 aromatic heterocycles. The number of urea groups is 1. The average Bonchev–Trinajstić information content (AvgIpc) is 2.64. The van der Waals surface area contributed by atoms with Crippen molar-refractivity contribution in [3.63, 3.8) is 0 Å². The van der Waals surface area contributed by atoms with Crippen LogP contribution in [0.5, 0.6) is 0 Å². The quantitative estimate of drug-likeness (QED) is 0.895. The Hall–Kier alpha value is -2.63. The Morgan fingerprint density at radius 3 is 2.68 bits per heavy atom. The first-order valence-corrected chi connectivity index (χ1v) is 8.81. The number of nitrogens with one attached hydrogen (secondary N) is 2. The SMILES string of the molecule is Cc1ccc(NC(=O)NCc2nccc(N3CCCCC3)n2)cc1C. The lowest BCUT2D eigenvalue weighted by Gasteiger charge is -2.27. The second-order valence-electron chi connectivity index (χ2n) is 6.49. The number of hydrogen-bond acceptors (Lipinski definition) is 4. The third kappa shape index (κ3) is 4.68. The van der Waals surface area contributed by atoms with Crippen molar-refractivity contribution in [3.8, 4) is 0 Å². The fraction of sp³-hybridized carbons (Fsp3) is 0.421. The van der Waals surface area contributed by atoms with Gasteiger partial charge in [-0.3, -0.25) is 0 Å². The summed E-state index contributed by atoms with van der Waals surface area (Å²) in [4.78, 5) is 23.2. The molecule has 2 amide bonds. The Labute approximate surface area is 148 Å². The summed E-state index contributed by atoms with van der Waals surface area (Å²) in [6, 6.07) is 7.54. The molecule has 1 aliphatic rings. The number of amides is 2. The molecule has 132 valence electrons. The Morgan fingerprint density at radius 2 is 1.92 bits per heavy atom. The van der Waals surface area contributed by atoms with E-state index in [-0.39, 0.29) is 6.03 Å². The summed E-state index contributed by atoms with van der Waals surface area (Å²) >= 11 is 0. The standard InChI is InChI=1S/C19H25N5O/c1-14-6-7-16(12-15(14)2)22-19(25)21-13-17-20-9-8-18(23-17)24-10-4-3-5-11-24/h6-9,12H,3-5,10-11,13H2,1-2H3,(H2,21,22,25). The molecule has 6 heteroatoms. The molecule has 0 spiro atoms. The molecule has 0 aliphatic carbocycles. The fourth-order valence-corrected chi connectivity index (χ4v) is 2.93. The molecule has 0 saturated carbocycles. The maximum atomic E-state index is 12.1. The molecular formula is C19H25N5O. The molecule has 1 aromatic carbocycles. The van der Waals surface area contributed by atoms with E-state index in [1.165, 1.54) is 24.8 Å². The van der Waals surface area contributed by atoms with Crippen LogP contribution in [0.25, 0.3) is 0 Å². The largest absolute Gasteiger partial charge is 0.357 e. The maximum Gasteiger partial charge on any atom is 0.319 e. The summed E-state index contributed by atoms with van der Waals surface area (Å²) in [7, 11) is 0. The van der Waals surface area contributed by atoms with Crippen LogP contribution in [-0.2, 0) is 6.54 Å². The minimum atomic E-state index is -0.254. The van der Waals surface area contributed by atoms with Crippen molar-refractivity contribution in [1.29, 1.82) is 0 Å². The molecule has 0 radical (unpaired) electrons. The van der Waals surface area contributed by atoms with E-state index >= 15 is 0 Å².